The lowest BCUT2D eigenvalue weighted by Crippen LogP contribution is -2.34. The summed E-state index contributed by atoms with van der Waals surface area (Å²) in [5.41, 5.74) is 5.64. The maximum Gasteiger partial charge on any atom is 0.165 e. The molecule has 2 aliphatic rings. The molecule has 0 saturated heterocycles. The van der Waals surface area contributed by atoms with E-state index in [4.69, 9.17) is 24.5 Å². The van der Waals surface area contributed by atoms with Crippen molar-refractivity contribution in [2.75, 3.05) is 31.6 Å². The van der Waals surface area contributed by atoms with Crippen molar-refractivity contribution in [3.05, 3.63) is 47.0 Å². The van der Waals surface area contributed by atoms with Crippen molar-refractivity contribution in [3.8, 4) is 22.5 Å². The van der Waals surface area contributed by atoms with Gasteiger partial charge in [0.05, 0.1) is 22.1 Å². The van der Waals surface area contributed by atoms with Gasteiger partial charge in [-0.2, -0.15) is 14.7 Å². The van der Waals surface area contributed by atoms with Crippen molar-refractivity contribution >= 4 is 43.5 Å². The molecule has 4 aromatic rings. The van der Waals surface area contributed by atoms with Crippen LogP contribution in [0.2, 0.25) is 51.4 Å². The first-order valence-electron chi connectivity index (χ1n) is 17.3. The third kappa shape index (κ3) is 8.44. The molecule has 0 N–H and O–H groups in total. The second-order valence-electron chi connectivity index (χ2n) is 16.2. The van der Waals surface area contributed by atoms with Gasteiger partial charge in [0, 0.05) is 65.8 Å². The van der Waals surface area contributed by atoms with Crippen molar-refractivity contribution in [3.63, 3.8) is 0 Å². The number of halogens is 1. The summed E-state index contributed by atoms with van der Waals surface area (Å²) in [6, 6.07) is 8.36. The van der Waals surface area contributed by atoms with Crippen LogP contribution >= 0.6 is 15.9 Å². The van der Waals surface area contributed by atoms with E-state index in [2.05, 4.69) is 71.3 Å². The summed E-state index contributed by atoms with van der Waals surface area (Å²) >= 11 is 4.10. The van der Waals surface area contributed by atoms with E-state index >= 15 is 0 Å². The van der Waals surface area contributed by atoms with Gasteiger partial charge >= 0.3 is 0 Å². The summed E-state index contributed by atoms with van der Waals surface area (Å²) < 4.78 is 17.6. The van der Waals surface area contributed by atoms with Crippen LogP contribution in [0.1, 0.15) is 43.7 Å². The van der Waals surface area contributed by atoms with Gasteiger partial charge in [-0.3, -0.25) is 9.67 Å². The Bertz CT molecular complexity index is 1630. The molecule has 254 valence electrons. The van der Waals surface area contributed by atoms with E-state index in [1.165, 1.54) is 32.1 Å². The molecule has 2 saturated carbocycles. The molecule has 0 radical (unpaired) electrons. The maximum atomic E-state index is 6.40. The lowest BCUT2D eigenvalue weighted by Gasteiger charge is -2.31. The normalized spacial score (nSPS) is 20.0. The Balaban J connectivity index is 1.39. The van der Waals surface area contributed by atoms with Crippen molar-refractivity contribution in [2.45, 2.75) is 89.4 Å². The Hall–Kier alpha value is -2.39. The van der Waals surface area contributed by atoms with Gasteiger partial charge in [0.1, 0.15) is 19.2 Å². The highest BCUT2D eigenvalue weighted by atomic mass is 79.9. The minimum atomic E-state index is -1.23. The van der Waals surface area contributed by atoms with Gasteiger partial charge < -0.3 is 14.4 Å². The van der Waals surface area contributed by atoms with Gasteiger partial charge in [-0.25, -0.2) is 4.98 Å². The highest BCUT2D eigenvalue weighted by Crippen LogP contribution is 2.50. The predicted molar refractivity (Wildman–Crippen MR) is 199 cm³/mol. The SMILES string of the molecule is Cn1ccc(-c2ccc(-c3cnn4c(N(COCC[Si](C)(C)C)COCC[Si](C)(C)C)c(Br)c([C@H]5C[C@@H]6CC[C@@H](C6)C5)nc34)cn2)n1. The largest absolute Gasteiger partial charge is 0.361 e. The summed E-state index contributed by atoms with van der Waals surface area (Å²) in [6.45, 7) is 16.7. The standard InChI is InChI=1S/C35H52BrN7O2Si2/c1-41-13-12-31(40-41)30-11-10-27(21-37-30)29-22-38-43-34(29)39-33(28-19-25-8-9-26(18-25)20-28)32(36)35(43)42(23-44-14-16-46(2,3)4)24-45-15-17-47(5,6)7/h10-13,21-22,25-26,28H,8-9,14-20,23-24H2,1-7H3/t25-,26+,28+. The minimum Gasteiger partial charge on any atom is -0.361 e. The summed E-state index contributed by atoms with van der Waals surface area (Å²) in [6.07, 6.45) is 12.2. The number of pyridine rings is 1. The number of hydrogen-bond acceptors (Lipinski definition) is 7. The molecule has 12 heteroatoms. The number of aromatic nitrogens is 6. The molecule has 0 unspecified atom stereocenters. The van der Waals surface area contributed by atoms with Crippen molar-refractivity contribution in [1.82, 2.24) is 29.4 Å². The molecule has 0 aliphatic heterocycles. The van der Waals surface area contributed by atoms with Gasteiger partial charge in [0.15, 0.2) is 11.5 Å². The fourth-order valence-electron chi connectivity index (χ4n) is 6.98. The smallest absolute Gasteiger partial charge is 0.165 e. The molecule has 2 fully saturated rings. The van der Waals surface area contributed by atoms with E-state index in [1.807, 2.05) is 42.3 Å². The van der Waals surface area contributed by atoms with Gasteiger partial charge in [-0.1, -0.05) is 58.2 Å². The molecule has 0 amide bonds. The van der Waals surface area contributed by atoms with E-state index in [0.29, 0.717) is 19.4 Å². The number of rotatable bonds is 14. The first-order chi connectivity index (χ1) is 22.3. The summed E-state index contributed by atoms with van der Waals surface area (Å²) in [5, 5.41) is 9.49. The molecule has 2 aliphatic carbocycles. The molecular weight excluding hydrogens is 687 g/mol. The van der Waals surface area contributed by atoms with E-state index < -0.39 is 16.1 Å². The average Bonchev–Trinajstić information content (AvgIpc) is 3.73. The number of nitrogens with zero attached hydrogens (tertiary/aromatic N) is 7. The zero-order chi connectivity index (χ0) is 33.3. The Morgan fingerprint density at radius 3 is 2.09 bits per heavy atom. The number of ether oxygens (including phenoxy) is 2. The first kappa shape index (κ1) is 34.5. The lowest BCUT2D eigenvalue weighted by molar-refractivity contribution is 0.0941. The fourth-order valence-corrected chi connectivity index (χ4v) is 9.32. The molecule has 0 spiro atoms. The van der Waals surface area contributed by atoms with Gasteiger partial charge in [-0.15, -0.1) is 0 Å². The van der Waals surface area contributed by atoms with E-state index in [1.54, 1.807) is 4.68 Å². The lowest BCUT2D eigenvalue weighted by atomic mass is 9.79. The van der Waals surface area contributed by atoms with Crippen molar-refractivity contribution in [1.29, 1.82) is 0 Å². The van der Waals surface area contributed by atoms with E-state index in [-0.39, 0.29) is 0 Å². The molecule has 9 nitrogen and oxygen atoms in total. The van der Waals surface area contributed by atoms with Crippen molar-refractivity contribution in [2.24, 2.45) is 18.9 Å². The molecule has 0 aromatic carbocycles. The fraction of sp³-hybridized carbons (Fsp3) is 0.600. The highest BCUT2D eigenvalue weighted by molar-refractivity contribution is 9.10. The minimum absolute atomic E-state index is 0.411. The van der Waals surface area contributed by atoms with Gasteiger partial charge in [-0.05, 0) is 71.2 Å². The van der Waals surface area contributed by atoms with Gasteiger partial charge in [0.25, 0.3) is 0 Å². The summed E-state index contributed by atoms with van der Waals surface area (Å²) in [7, 11) is -0.540. The Labute approximate surface area is 290 Å². The van der Waals surface area contributed by atoms with Crippen LogP contribution in [0.5, 0.6) is 0 Å². The maximum absolute atomic E-state index is 6.40. The summed E-state index contributed by atoms with van der Waals surface area (Å²) in [5.74, 6) is 2.96. The van der Waals surface area contributed by atoms with Crippen LogP contribution in [-0.4, -0.2) is 72.2 Å². The van der Waals surface area contributed by atoms with Crippen molar-refractivity contribution < 1.29 is 9.47 Å². The summed E-state index contributed by atoms with van der Waals surface area (Å²) in [4.78, 5) is 12.4. The molecule has 4 heterocycles. The quantitative estimate of drug-likeness (QED) is 0.0728. The monoisotopic (exact) mass is 737 g/mol. The number of anilines is 1. The van der Waals surface area contributed by atoms with Crippen LogP contribution in [0.25, 0.3) is 28.2 Å². The Kier molecular flexibility index (Phi) is 10.4. The Morgan fingerprint density at radius 2 is 1.53 bits per heavy atom. The second-order valence-corrected chi connectivity index (χ2v) is 28.2. The van der Waals surface area contributed by atoms with Crippen LogP contribution < -0.4 is 4.90 Å². The molecule has 4 aromatic heterocycles. The highest BCUT2D eigenvalue weighted by Gasteiger charge is 2.37. The predicted octanol–water partition coefficient (Wildman–Crippen LogP) is 8.68. The van der Waals surface area contributed by atoms with Crippen LogP contribution in [-0.2, 0) is 16.5 Å². The van der Waals surface area contributed by atoms with E-state index in [9.17, 15) is 0 Å². The zero-order valence-corrected chi connectivity index (χ0v) is 32.9. The number of hydrogen-bond donors (Lipinski definition) is 0. The zero-order valence-electron chi connectivity index (χ0n) is 29.3. The van der Waals surface area contributed by atoms with Crippen LogP contribution in [0.3, 0.4) is 0 Å². The molecule has 2 bridgehead atoms. The molecular formula is C35H52BrN7O2Si2. The number of aryl methyl sites for hydroxylation is 1. The van der Waals surface area contributed by atoms with Crippen LogP contribution in [0.4, 0.5) is 5.82 Å². The third-order valence-electron chi connectivity index (χ3n) is 9.70. The molecule has 3 atom stereocenters. The number of fused-ring (bicyclic) bond motifs is 3. The van der Waals surface area contributed by atoms with Crippen LogP contribution in [0.15, 0.2) is 41.3 Å². The van der Waals surface area contributed by atoms with Crippen LogP contribution in [0, 0.1) is 11.8 Å². The second kappa shape index (κ2) is 14.2. The molecule has 6 rings (SSSR count). The topological polar surface area (TPSA) is 82.6 Å². The molecule has 47 heavy (non-hydrogen) atoms. The van der Waals surface area contributed by atoms with E-state index in [0.717, 1.165) is 81.3 Å². The average molecular weight is 739 g/mol. The van der Waals surface area contributed by atoms with Gasteiger partial charge in [0.2, 0.25) is 0 Å². The first-order valence-corrected chi connectivity index (χ1v) is 25.5. The third-order valence-corrected chi connectivity index (χ3v) is 13.9. The Morgan fingerprint density at radius 1 is 0.872 bits per heavy atom.